The van der Waals surface area contributed by atoms with Crippen LogP contribution in [0.5, 0.6) is 0 Å². The van der Waals surface area contributed by atoms with Crippen molar-refractivity contribution in [3.63, 3.8) is 0 Å². The lowest BCUT2D eigenvalue weighted by molar-refractivity contribution is -0.187. The van der Waals surface area contributed by atoms with Gasteiger partial charge >= 0.3 is 11.9 Å². The van der Waals surface area contributed by atoms with Crippen molar-refractivity contribution in [2.75, 3.05) is 0 Å². The maximum Gasteiger partial charge on any atom is 0.386 e. The van der Waals surface area contributed by atoms with Gasteiger partial charge in [-0.2, -0.15) is 0 Å². The average molecular weight is 286 g/mol. The summed E-state index contributed by atoms with van der Waals surface area (Å²) in [6.45, 7) is 0. The molecule has 21 heavy (non-hydrogen) atoms. The van der Waals surface area contributed by atoms with Crippen LogP contribution in [0.15, 0.2) is 60.7 Å². The van der Waals surface area contributed by atoms with Gasteiger partial charge in [0.15, 0.2) is 0 Å². The Kier molecular flexibility index (Phi) is 6.72. The van der Waals surface area contributed by atoms with Crippen molar-refractivity contribution in [1.29, 1.82) is 5.41 Å². The number of benzene rings is 2. The van der Waals surface area contributed by atoms with Crippen molar-refractivity contribution in [2.24, 2.45) is 5.73 Å². The van der Waals surface area contributed by atoms with Gasteiger partial charge in [-0.05, 0) is 24.3 Å². The molecule has 0 bridgehead atoms. The number of carbonyl (C=O) groups excluding carboxylic acids is 2. The second-order valence-electron chi connectivity index (χ2n) is 3.64. The summed E-state index contributed by atoms with van der Waals surface area (Å²) in [5.74, 6) is -1.42. The van der Waals surface area contributed by atoms with Gasteiger partial charge in [-0.1, -0.05) is 36.4 Å². The summed E-state index contributed by atoms with van der Waals surface area (Å²) < 4.78 is 0. The van der Waals surface area contributed by atoms with E-state index in [9.17, 15) is 9.59 Å². The van der Waals surface area contributed by atoms with Gasteiger partial charge < -0.3 is 5.73 Å². The third-order valence-corrected chi connectivity index (χ3v) is 2.21. The number of nitrogens with one attached hydrogen (secondary N) is 1. The Morgan fingerprint density at radius 3 is 1.38 bits per heavy atom. The molecule has 2 aromatic carbocycles. The molecule has 2 aromatic rings. The Balaban J connectivity index is 0.000000677. The van der Waals surface area contributed by atoms with E-state index in [4.69, 9.17) is 5.41 Å². The number of hydrogen-bond acceptors (Lipinski definition) is 5. The number of rotatable bonds is 2. The summed E-state index contributed by atoms with van der Waals surface area (Å²) >= 11 is 0. The second kappa shape index (κ2) is 8.87. The highest BCUT2D eigenvalue weighted by atomic mass is 17.2. The van der Waals surface area contributed by atoms with Crippen LogP contribution in [0.4, 0.5) is 0 Å². The van der Waals surface area contributed by atoms with Crippen LogP contribution in [0.3, 0.4) is 0 Å². The summed E-state index contributed by atoms with van der Waals surface area (Å²) in [5.41, 5.74) is 5.02. The molecule has 0 spiro atoms. The van der Waals surface area contributed by atoms with Gasteiger partial charge in [0.05, 0.1) is 17.5 Å². The van der Waals surface area contributed by atoms with Gasteiger partial charge in [0.25, 0.3) is 0 Å². The average Bonchev–Trinajstić information content (AvgIpc) is 2.54. The van der Waals surface area contributed by atoms with E-state index in [2.05, 4.69) is 15.5 Å². The Labute approximate surface area is 121 Å². The third-order valence-electron chi connectivity index (χ3n) is 2.21. The number of carbonyl (C=O) groups is 2. The van der Waals surface area contributed by atoms with E-state index in [0.717, 1.165) is 6.34 Å². The molecule has 0 saturated carbocycles. The molecule has 0 aromatic heterocycles. The van der Waals surface area contributed by atoms with Crippen molar-refractivity contribution in [3.8, 4) is 0 Å². The van der Waals surface area contributed by atoms with Crippen molar-refractivity contribution in [3.05, 3.63) is 71.8 Å². The van der Waals surface area contributed by atoms with E-state index in [1.165, 1.54) is 0 Å². The first-order valence-electron chi connectivity index (χ1n) is 5.93. The Hall–Kier alpha value is -3.15. The van der Waals surface area contributed by atoms with Gasteiger partial charge in [-0.25, -0.2) is 19.4 Å². The molecule has 3 N–H and O–H groups in total. The molecular formula is C15H14N2O4. The van der Waals surface area contributed by atoms with Crippen LogP contribution in [0.25, 0.3) is 0 Å². The predicted octanol–water partition coefficient (Wildman–Crippen LogP) is 2.17. The quantitative estimate of drug-likeness (QED) is 0.381. The monoisotopic (exact) mass is 286 g/mol. The number of nitrogens with two attached hydrogens (primary N) is 1. The lowest BCUT2D eigenvalue weighted by Crippen LogP contribution is -2.11. The van der Waals surface area contributed by atoms with E-state index < -0.39 is 11.9 Å². The Morgan fingerprint density at radius 2 is 1.10 bits per heavy atom. The molecule has 0 aliphatic rings. The lowest BCUT2D eigenvalue weighted by Gasteiger charge is -2.02. The first kappa shape index (κ1) is 15.9. The zero-order valence-corrected chi connectivity index (χ0v) is 11.1. The van der Waals surface area contributed by atoms with Crippen LogP contribution in [0.1, 0.15) is 20.7 Å². The highest BCUT2D eigenvalue weighted by Crippen LogP contribution is 2.05. The fraction of sp³-hybridized carbons (Fsp3) is 0. The predicted molar refractivity (Wildman–Crippen MR) is 76.7 cm³/mol. The summed E-state index contributed by atoms with van der Waals surface area (Å²) in [6, 6.07) is 16.6. The summed E-state index contributed by atoms with van der Waals surface area (Å²) in [6.07, 6.45) is 0.750. The highest BCUT2D eigenvalue weighted by Gasteiger charge is 2.12. The minimum absolute atomic E-state index is 0.318. The first-order valence-corrected chi connectivity index (χ1v) is 5.93. The van der Waals surface area contributed by atoms with Crippen molar-refractivity contribution in [2.45, 2.75) is 0 Å². The highest BCUT2D eigenvalue weighted by molar-refractivity contribution is 5.92. The molecule has 0 fully saturated rings. The maximum atomic E-state index is 11.5. The Morgan fingerprint density at radius 1 is 0.810 bits per heavy atom. The summed E-state index contributed by atoms with van der Waals surface area (Å²) in [7, 11) is 0. The van der Waals surface area contributed by atoms with Gasteiger partial charge in [-0.15, -0.1) is 0 Å². The molecule has 2 rings (SSSR count). The molecule has 0 aliphatic carbocycles. The number of hydrogen-bond donors (Lipinski definition) is 2. The minimum Gasteiger partial charge on any atom is -0.390 e. The molecule has 0 saturated heterocycles. The van der Waals surface area contributed by atoms with E-state index in [1.807, 2.05) is 0 Å². The molecule has 0 radical (unpaired) electrons. The van der Waals surface area contributed by atoms with Crippen molar-refractivity contribution in [1.82, 2.24) is 0 Å². The molecule has 108 valence electrons. The van der Waals surface area contributed by atoms with Crippen molar-refractivity contribution < 1.29 is 19.4 Å². The van der Waals surface area contributed by atoms with Gasteiger partial charge in [-0.3, -0.25) is 5.41 Å². The molecule has 6 nitrogen and oxygen atoms in total. The topological polar surface area (TPSA) is 102 Å². The second-order valence-corrected chi connectivity index (χ2v) is 3.64. The zero-order chi connectivity index (χ0) is 15.5. The van der Waals surface area contributed by atoms with Crippen LogP contribution >= 0.6 is 0 Å². The maximum absolute atomic E-state index is 11.5. The molecule has 6 heteroatoms. The SMILES string of the molecule is N=CN.O=C(OOC(=O)c1ccccc1)c1ccccc1. The van der Waals surface area contributed by atoms with Gasteiger partial charge in [0, 0.05) is 0 Å². The fourth-order valence-corrected chi connectivity index (χ4v) is 1.32. The standard InChI is InChI=1S/C14H10O4.CH4N2/c15-13(11-7-3-1-4-8-11)17-18-14(16)12-9-5-2-6-10-12;2-1-3/h1-10H;1H,(H3,2,3). The van der Waals surface area contributed by atoms with E-state index in [-0.39, 0.29) is 0 Å². The van der Waals surface area contributed by atoms with E-state index >= 15 is 0 Å². The summed E-state index contributed by atoms with van der Waals surface area (Å²) in [4.78, 5) is 31.9. The largest absolute Gasteiger partial charge is 0.390 e. The summed E-state index contributed by atoms with van der Waals surface area (Å²) in [5, 5.41) is 5.86. The molecule has 0 atom stereocenters. The zero-order valence-electron chi connectivity index (χ0n) is 11.1. The van der Waals surface area contributed by atoms with Crippen molar-refractivity contribution >= 4 is 18.3 Å². The van der Waals surface area contributed by atoms with E-state index in [1.54, 1.807) is 60.7 Å². The first-order chi connectivity index (χ1) is 10.2. The molecule has 0 aliphatic heterocycles. The van der Waals surface area contributed by atoms with Crippen LogP contribution in [-0.4, -0.2) is 18.3 Å². The molecular weight excluding hydrogens is 272 g/mol. The minimum atomic E-state index is -0.708. The van der Waals surface area contributed by atoms with E-state index in [0.29, 0.717) is 11.1 Å². The van der Waals surface area contributed by atoms with Gasteiger partial charge in [0.1, 0.15) is 0 Å². The molecule has 0 heterocycles. The van der Waals surface area contributed by atoms with Crippen LogP contribution < -0.4 is 5.73 Å². The van der Waals surface area contributed by atoms with Crippen LogP contribution in [0.2, 0.25) is 0 Å². The van der Waals surface area contributed by atoms with Crippen LogP contribution in [0, 0.1) is 5.41 Å². The molecule has 0 unspecified atom stereocenters. The Bertz CT molecular complexity index is 534. The third kappa shape index (κ3) is 5.56. The van der Waals surface area contributed by atoms with Gasteiger partial charge in [0.2, 0.25) is 0 Å². The molecule has 0 amide bonds. The van der Waals surface area contributed by atoms with Crippen LogP contribution in [-0.2, 0) is 9.78 Å². The fourth-order valence-electron chi connectivity index (χ4n) is 1.32. The lowest BCUT2D eigenvalue weighted by atomic mass is 10.2. The normalized spacial score (nSPS) is 8.76. The smallest absolute Gasteiger partial charge is 0.386 e.